The topological polar surface area (TPSA) is 197 Å². The number of benzene rings is 2. The van der Waals surface area contributed by atoms with Crippen LogP contribution < -0.4 is 20.3 Å². The van der Waals surface area contributed by atoms with Gasteiger partial charge in [0, 0.05) is 29.2 Å². The molecule has 4 rings (SSSR count). The van der Waals surface area contributed by atoms with Crippen LogP contribution in [-0.2, 0) is 40.0 Å². The van der Waals surface area contributed by atoms with Crippen molar-refractivity contribution >= 4 is 31.7 Å². The highest BCUT2D eigenvalue weighted by molar-refractivity contribution is 8.13. The highest BCUT2D eigenvalue weighted by Crippen LogP contribution is 2.19. The summed E-state index contributed by atoms with van der Waals surface area (Å²) >= 11 is 0. The van der Waals surface area contributed by atoms with Crippen molar-refractivity contribution in [3.63, 3.8) is 0 Å². The van der Waals surface area contributed by atoms with Crippen molar-refractivity contribution < 1.29 is 51.3 Å². The second kappa shape index (κ2) is 21.1. The Morgan fingerprint density at radius 3 is 1.56 bits per heavy atom. The lowest BCUT2D eigenvalue weighted by Gasteiger charge is -2.09. The van der Waals surface area contributed by atoms with Gasteiger partial charge in [0.05, 0.1) is 13.4 Å². The molecule has 2 aromatic carbocycles. The molecule has 13 nitrogen and oxygen atoms in total. The van der Waals surface area contributed by atoms with Crippen LogP contribution in [0.4, 0.5) is 0 Å². The van der Waals surface area contributed by atoms with Gasteiger partial charge in [0.2, 0.25) is 31.4 Å². The number of esters is 1. The van der Waals surface area contributed by atoms with E-state index in [1.807, 2.05) is 60.7 Å². The van der Waals surface area contributed by atoms with Crippen LogP contribution in [0.15, 0.2) is 91.2 Å². The van der Waals surface area contributed by atoms with Crippen LogP contribution in [0.2, 0.25) is 0 Å². The average molecular weight is 711 g/mol. The van der Waals surface area contributed by atoms with Crippen molar-refractivity contribution in [3.8, 4) is 11.5 Å². The Balaban J connectivity index is 0.000000779. The van der Waals surface area contributed by atoms with Crippen LogP contribution in [-0.4, -0.2) is 43.9 Å². The first-order valence-electron chi connectivity index (χ1n) is 13.3. The van der Waals surface area contributed by atoms with Gasteiger partial charge in [0.15, 0.2) is 0 Å². The first-order chi connectivity index (χ1) is 21.8. The van der Waals surface area contributed by atoms with Crippen molar-refractivity contribution in [1.29, 1.82) is 0 Å². The molecule has 0 saturated heterocycles. The van der Waals surface area contributed by atoms with E-state index in [9.17, 15) is 27.6 Å². The molecule has 2 N–H and O–H groups in total. The van der Waals surface area contributed by atoms with Crippen LogP contribution >= 0.6 is 10.7 Å². The van der Waals surface area contributed by atoms with E-state index in [-0.39, 0.29) is 51.1 Å². The molecule has 0 bridgehead atoms. The van der Waals surface area contributed by atoms with Crippen LogP contribution in [0, 0.1) is 0 Å². The maximum absolute atomic E-state index is 12.0. The highest BCUT2D eigenvalue weighted by Gasteiger charge is 2.22. The minimum Gasteiger partial charge on any atom is -0.481 e. The maximum Gasteiger partial charge on any atom is 0.378 e. The van der Waals surface area contributed by atoms with Gasteiger partial charge in [-0.05, 0) is 11.1 Å². The van der Waals surface area contributed by atoms with E-state index in [1.165, 1.54) is 6.07 Å². The van der Waals surface area contributed by atoms with Crippen molar-refractivity contribution in [1.82, 2.24) is 0 Å². The molecule has 0 atom stereocenters. The van der Waals surface area contributed by atoms with Crippen molar-refractivity contribution in [2.45, 2.75) is 48.0 Å². The normalized spacial score (nSPS) is 9.94. The molecule has 0 aliphatic rings. The molecular weight excluding hydrogens is 672 g/mol. The third-order valence-corrected chi connectivity index (χ3v) is 5.43. The van der Waals surface area contributed by atoms with Gasteiger partial charge < -0.3 is 33.3 Å². The predicted molar refractivity (Wildman–Crippen MR) is 179 cm³/mol. The standard InChI is InChI=1S/C15H14O6.C15H14O5.CH3ClO2S.2CH4/c1-19-15(18)14-13(12(17)7-11(8-16)21-14)20-9-10-5-3-2-4-6-10;1-2-11-8-12(16)13(14(20-11)15(17)18)19-9-10-6-4-3-5-7-10;1-5(2,3)4;;/h2-7,16H,8-9H2,1H3;3-8H,2,9H2,1H3,(H,17,18);1H3;2*1H4. The summed E-state index contributed by atoms with van der Waals surface area (Å²) in [7, 11) is 2.47. The lowest BCUT2D eigenvalue weighted by molar-refractivity contribution is 0.0545. The molecule has 2 aromatic heterocycles. The minimum atomic E-state index is -3.19. The van der Waals surface area contributed by atoms with E-state index < -0.39 is 44.2 Å². The number of hydrogen-bond acceptors (Lipinski definition) is 12. The third-order valence-electron chi connectivity index (χ3n) is 5.43. The molecule has 0 radical (unpaired) electrons. The summed E-state index contributed by atoms with van der Waals surface area (Å²) < 4.78 is 44.4. The number of carbonyl (C=O) groups is 2. The highest BCUT2D eigenvalue weighted by atomic mass is 35.7. The number of carbonyl (C=O) groups excluding carboxylic acids is 1. The van der Waals surface area contributed by atoms with E-state index in [4.69, 9.17) is 28.5 Å². The number of ether oxygens (including phenoxy) is 3. The summed E-state index contributed by atoms with van der Waals surface area (Å²) in [6.07, 6.45) is 1.36. The number of aliphatic hydroxyl groups is 1. The van der Waals surface area contributed by atoms with Crippen LogP contribution in [0.3, 0.4) is 0 Å². The van der Waals surface area contributed by atoms with Gasteiger partial charge in [-0.3, -0.25) is 9.59 Å². The zero-order valence-corrected chi connectivity index (χ0v) is 26.5. The van der Waals surface area contributed by atoms with Crippen LogP contribution in [0.5, 0.6) is 11.5 Å². The summed E-state index contributed by atoms with van der Waals surface area (Å²) in [4.78, 5) is 46.6. The van der Waals surface area contributed by atoms with E-state index in [1.54, 1.807) is 6.92 Å². The first-order valence-corrected chi connectivity index (χ1v) is 16.0. The van der Waals surface area contributed by atoms with Crippen molar-refractivity contribution in [2.24, 2.45) is 0 Å². The fourth-order valence-electron chi connectivity index (χ4n) is 3.41. The number of aryl methyl sites for hydroxylation is 1. The first kappa shape index (κ1) is 43.1. The number of carboxylic acids is 1. The zero-order chi connectivity index (χ0) is 34.3. The molecule has 2 heterocycles. The Kier molecular flexibility index (Phi) is 18.9. The Labute approximate surface area is 282 Å². The molecular formula is C33H39ClO13S. The second-order valence-corrected chi connectivity index (χ2v) is 12.1. The molecule has 0 unspecified atom stereocenters. The zero-order valence-electron chi connectivity index (χ0n) is 24.9. The van der Waals surface area contributed by atoms with Crippen molar-refractivity contribution in [2.75, 3.05) is 13.4 Å². The Bertz CT molecular complexity index is 1810. The summed E-state index contributed by atoms with van der Waals surface area (Å²) in [5.74, 6) is -3.19. The molecule has 0 saturated carbocycles. The molecule has 4 aromatic rings. The molecule has 48 heavy (non-hydrogen) atoms. The molecule has 0 fully saturated rings. The minimum absolute atomic E-state index is 0. The number of rotatable bonds is 10. The summed E-state index contributed by atoms with van der Waals surface area (Å²) in [6, 6.07) is 20.7. The maximum atomic E-state index is 12.0. The largest absolute Gasteiger partial charge is 0.481 e. The number of carboxylic acid groups (broad SMARTS) is 1. The Morgan fingerprint density at radius 1 is 0.792 bits per heavy atom. The van der Waals surface area contributed by atoms with Gasteiger partial charge in [-0.2, -0.15) is 0 Å². The SMILES string of the molecule is C.C.CCc1cc(=O)c(OCc2ccccc2)c(C(=O)O)o1.COC(=O)c1oc(CO)cc(=O)c1OCc1ccccc1.CS(=O)(=O)Cl. The monoisotopic (exact) mass is 710 g/mol. The number of methoxy groups -OCH3 is 1. The summed E-state index contributed by atoms with van der Waals surface area (Å²) in [5, 5.41) is 18.1. The number of hydrogen-bond donors (Lipinski definition) is 2. The van der Waals surface area contributed by atoms with Gasteiger partial charge in [-0.15, -0.1) is 0 Å². The molecule has 15 heteroatoms. The Hall–Kier alpha value is -4.92. The van der Waals surface area contributed by atoms with E-state index >= 15 is 0 Å². The summed E-state index contributed by atoms with van der Waals surface area (Å²) in [6.45, 7) is 1.48. The molecule has 0 amide bonds. The second-order valence-electron chi connectivity index (χ2n) is 9.01. The molecule has 0 spiro atoms. The quantitative estimate of drug-likeness (QED) is 0.156. The predicted octanol–water partition coefficient (Wildman–Crippen LogP) is 5.43. The van der Waals surface area contributed by atoms with Gasteiger partial charge in [0.25, 0.3) is 11.5 Å². The molecule has 262 valence electrons. The van der Waals surface area contributed by atoms with Gasteiger partial charge in [-0.1, -0.05) is 82.4 Å². The van der Waals surface area contributed by atoms with E-state index in [0.717, 1.165) is 30.6 Å². The lowest BCUT2D eigenvalue weighted by Crippen LogP contribution is -2.15. The van der Waals surface area contributed by atoms with Crippen LogP contribution in [0.1, 0.15) is 65.5 Å². The van der Waals surface area contributed by atoms with Crippen molar-refractivity contribution in [3.05, 3.63) is 127 Å². The average Bonchev–Trinajstić information content (AvgIpc) is 3.03. The smallest absolute Gasteiger partial charge is 0.378 e. The van der Waals surface area contributed by atoms with E-state index in [2.05, 4.69) is 15.4 Å². The fraction of sp³-hybridized carbons (Fsp3) is 0.273. The summed E-state index contributed by atoms with van der Waals surface area (Å²) in [5.41, 5.74) is 0.629. The van der Waals surface area contributed by atoms with Gasteiger partial charge in [-0.25, -0.2) is 18.0 Å². The molecule has 0 aliphatic heterocycles. The fourth-order valence-corrected chi connectivity index (χ4v) is 3.41. The Morgan fingerprint density at radius 2 is 1.19 bits per heavy atom. The van der Waals surface area contributed by atoms with Crippen LogP contribution in [0.25, 0.3) is 0 Å². The number of halogens is 1. The lowest BCUT2D eigenvalue weighted by atomic mass is 10.2. The third kappa shape index (κ3) is 14.7. The number of aliphatic hydroxyl groups excluding tert-OH is 1. The van der Waals surface area contributed by atoms with E-state index in [0.29, 0.717) is 12.2 Å². The van der Waals surface area contributed by atoms with Gasteiger partial charge in [0.1, 0.15) is 31.3 Å². The number of aromatic carboxylic acids is 1. The van der Waals surface area contributed by atoms with Gasteiger partial charge >= 0.3 is 11.9 Å². The molecule has 0 aliphatic carbocycles.